The van der Waals surface area contributed by atoms with Gasteiger partial charge in [0.2, 0.25) is 0 Å². The smallest absolute Gasteiger partial charge is 0.107 e. The third-order valence-corrected chi connectivity index (χ3v) is 2.34. The van der Waals surface area contributed by atoms with E-state index in [4.69, 9.17) is 9.47 Å². The summed E-state index contributed by atoms with van der Waals surface area (Å²) in [5, 5.41) is 18.9. The molecule has 0 aromatic carbocycles. The molecule has 12 heavy (non-hydrogen) atoms. The summed E-state index contributed by atoms with van der Waals surface area (Å²) in [7, 11) is 1.56. The molecule has 0 bridgehead atoms. The van der Waals surface area contributed by atoms with Crippen LogP contribution in [0.25, 0.3) is 0 Å². The molecule has 1 fully saturated rings. The van der Waals surface area contributed by atoms with Gasteiger partial charge >= 0.3 is 0 Å². The fraction of sp³-hybridized carbons (Fsp3) is 1.00. The first-order valence-corrected chi connectivity index (χ1v) is 4.13. The van der Waals surface area contributed by atoms with E-state index in [1.54, 1.807) is 14.0 Å². The van der Waals surface area contributed by atoms with Crippen LogP contribution < -0.4 is 0 Å². The van der Waals surface area contributed by atoms with E-state index in [-0.39, 0.29) is 18.6 Å². The second-order valence-electron chi connectivity index (χ2n) is 3.24. The molecule has 4 atom stereocenters. The predicted octanol–water partition coefficient (Wildman–Crippen LogP) is -0.611. The highest BCUT2D eigenvalue weighted by Crippen LogP contribution is 2.20. The highest BCUT2D eigenvalue weighted by Gasteiger charge is 2.35. The summed E-state index contributed by atoms with van der Waals surface area (Å²) in [5.41, 5.74) is 0. The summed E-state index contributed by atoms with van der Waals surface area (Å²) in [6.07, 6.45) is -1.49. The minimum Gasteiger partial charge on any atom is -0.390 e. The Morgan fingerprint density at radius 2 is 2.17 bits per heavy atom. The van der Waals surface area contributed by atoms with E-state index in [0.717, 1.165) is 0 Å². The van der Waals surface area contributed by atoms with Crippen LogP contribution in [0.1, 0.15) is 6.92 Å². The van der Waals surface area contributed by atoms with Crippen LogP contribution in [0.5, 0.6) is 0 Å². The lowest BCUT2D eigenvalue weighted by atomic mass is 9.92. The Morgan fingerprint density at radius 1 is 1.50 bits per heavy atom. The fourth-order valence-electron chi connectivity index (χ4n) is 1.35. The summed E-state index contributed by atoms with van der Waals surface area (Å²) < 4.78 is 10.1. The van der Waals surface area contributed by atoms with Crippen LogP contribution in [0.15, 0.2) is 0 Å². The van der Waals surface area contributed by atoms with Gasteiger partial charge in [-0.15, -0.1) is 0 Å². The normalized spacial score (nSPS) is 43.0. The second kappa shape index (κ2) is 4.18. The molecule has 1 heterocycles. The maximum absolute atomic E-state index is 9.57. The fourth-order valence-corrected chi connectivity index (χ4v) is 1.35. The Labute approximate surface area is 72.1 Å². The third-order valence-electron chi connectivity index (χ3n) is 2.34. The number of rotatable bonds is 2. The molecule has 0 amide bonds. The molecule has 0 spiro atoms. The highest BCUT2D eigenvalue weighted by atomic mass is 16.5. The first kappa shape index (κ1) is 9.92. The summed E-state index contributed by atoms with van der Waals surface area (Å²) in [4.78, 5) is 0. The van der Waals surface area contributed by atoms with E-state index in [2.05, 4.69) is 0 Å². The van der Waals surface area contributed by atoms with Gasteiger partial charge in [0, 0.05) is 13.0 Å². The summed E-state index contributed by atoms with van der Waals surface area (Å²) in [6, 6.07) is 0. The monoisotopic (exact) mass is 176 g/mol. The van der Waals surface area contributed by atoms with E-state index >= 15 is 0 Å². The van der Waals surface area contributed by atoms with Crippen molar-refractivity contribution in [3.63, 3.8) is 0 Å². The molecular formula is C8H16O4. The van der Waals surface area contributed by atoms with Crippen molar-refractivity contribution in [1.29, 1.82) is 0 Å². The van der Waals surface area contributed by atoms with Crippen LogP contribution >= 0.6 is 0 Å². The Balaban J connectivity index is 2.46. The zero-order chi connectivity index (χ0) is 9.14. The number of ether oxygens (including phenoxy) is 2. The zero-order valence-corrected chi connectivity index (χ0v) is 7.43. The van der Waals surface area contributed by atoms with E-state index in [9.17, 15) is 10.2 Å². The van der Waals surface area contributed by atoms with Crippen LogP contribution in [0.3, 0.4) is 0 Å². The molecule has 0 saturated carbocycles. The lowest BCUT2D eigenvalue weighted by Gasteiger charge is -2.35. The van der Waals surface area contributed by atoms with Crippen molar-refractivity contribution in [2.24, 2.45) is 5.92 Å². The van der Waals surface area contributed by atoms with Gasteiger partial charge in [-0.3, -0.25) is 0 Å². The van der Waals surface area contributed by atoms with Gasteiger partial charge in [0.05, 0.1) is 25.4 Å². The molecular weight excluding hydrogens is 160 g/mol. The number of methoxy groups -OCH3 is 1. The average molecular weight is 176 g/mol. The number of aliphatic hydroxyl groups excluding tert-OH is 2. The SMILES string of the molecule is COCC1OCC(O)[C@H](C)[C@@H]1O. The Kier molecular flexibility index (Phi) is 3.46. The van der Waals surface area contributed by atoms with Crippen LogP contribution in [0.4, 0.5) is 0 Å². The van der Waals surface area contributed by atoms with Crippen molar-refractivity contribution in [3.8, 4) is 0 Å². The quantitative estimate of drug-likeness (QED) is 0.589. The van der Waals surface area contributed by atoms with E-state index in [1.165, 1.54) is 0 Å². The van der Waals surface area contributed by atoms with Gasteiger partial charge in [-0.05, 0) is 0 Å². The minimum atomic E-state index is -0.631. The van der Waals surface area contributed by atoms with E-state index in [1.807, 2.05) is 0 Å². The lowest BCUT2D eigenvalue weighted by molar-refractivity contribution is -0.168. The Hall–Kier alpha value is -0.160. The number of hydrogen-bond donors (Lipinski definition) is 2. The van der Waals surface area contributed by atoms with Crippen LogP contribution in [0, 0.1) is 5.92 Å². The summed E-state index contributed by atoms with van der Waals surface area (Å²) >= 11 is 0. The van der Waals surface area contributed by atoms with Crippen molar-refractivity contribution < 1.29 is 19.7 Å². The largest absolute Gasteiger partial charge is 0.390 e. The number of aliphatic hydroxyl groups is 2. The molecule has 0 aliphatic carbocycles. The van der Waals surface area contributed by atoms with Gasteiger partial charge < -0.3 is 19.7 Å². The van der Waals surface area contributed by atoms with Crippen molar-refractivity contribution >= 4 is 0 Å². The van der Waals surface area contributed by atoms with Crippen molar-refractivity contribution in [3.05, 3.63) is 0 Å². The van der Waals surface area contributed by atoms with Gasteiger partial charge in [-0.2, -0.15) is 0 Å². The zero-order valence-electron chi connectivity index (χ0n) is 7.43. The molecule has 4 nitrogen and oxygen atoms in total. The molecule has 1 aliphatic rings. The second-order valence-corrected chi connectivity index (χ2v) is 3.24. The topological polar surface area (TPSA) is 58.9 Å². The number of hydrogen-bond acceptors (Lipinski definition) is 4. The van der Waals surface area contributed by atoms with Crippen molar-refractivity contribution in [2.75, 3.05) is 20.3 Å². The molecule has 1 saturated heterocycles. The Bertz CT molecular complexity index is 139. The molecule has 0 aromatic heterocycles. The van der Waals surface area contributed by atoms with Gasteiger partial charge in [-0.25, -0.2) is 0 Å². The molecule has 0 aromatic rings. The predicted molar refractivity (Wildman–Crippen MR) is 42.8 cm³/mol. The molecule has 4 heteroatoms. The van der Waals surface area contributed by atoms with Gasteiger partial charge in [0.15, 0.2) is 0 Å². The van der Waals surface area contributed by atoms with Gasteiger partial charge in [-0.1, -0.05) is 6.92 Å². The van der Waals surface area contributed by atoms with Crippen LogP contribution in [0.2, 0.25) is 0 Å². The van der Waals surface area contributed by atoms with Crippen molar-refractivity contribution in [2.45, 2.75) is 25.2 Å². The molecule has 2 unspecified atom stereocenters. The molecule has 2 N–H and O–H groups in total. The standard InChI is InChI=1S/C8H16O4/c1-5-6(9)3-12-7(4-11-2)8(5)10/h5-10H,3-4H2,1-2H3/t5-,6?,7?,8-/m0/s1. The van der Waals surface area contributed by atoms with Crippen molar-refractivity contribution in [1.82, 2.24) is 0 Å². The third kappa shape index (κ3) is 1.95. The van der Waals surface area contributed by atoms with E-state index < -0.39 is 12.2 Å². The molecule has 72 valence electrons. The van der Waals surface area contributed by atoms with Crippen LogP contribution in [-0.2, 0) is 9.47 Å². The summed E-state index contributed by atoms with van der Waals surface area (Å²) in [6.45, 7) is 2.46. The first-order chi connectivity index (χ1) is 5.66. The highest BCUT2D eigenvalue weighted by molar-refractivity contribution is 4.83. The average Bonchev–Trinajstić information content (AvgIpc) is 2.07. The van der Waals surface area contributed by atoms with Crippen LogP contribution in [-0.4, -0.2) is 48.8 Å². The van der Waals surface area contributed by atoms with Gasteiger partial charge in [0.1, 0.15) is 6.10 Å². The summed E-state index contributed by atoms with van der Waals surface area (Å²) in [5.74, 6) is -0.140. The maximum atomic E-state index is 9.57. The van der Waals surface area contributed by atoms with E-state index in [0.29, 0.717) is 6.61 Å². The molecule has 1 rings (SSSR count). The minimum absolute atomic E-state index is 0.140. The lowest BCUT2D eigenvalue weighted by Crippen LogP contribution is -2.49. The van der Waals surface area contributed by atoms with Gasteiger partial charge in [0.25, 0.3) is 0 Å². The molecule has 0 radical (unpaired) electrons. The Morgan fingerprint density at radius 3 is 2.75 bits per heavy atom. The molecule has 1 aliphatic heterocycles. The first-order valence-electron chi connectivity index (χ1n) is 4.13. The maximum Gasteiger partial charge on any atom is 0.107 e.